The predicted molar refractivity (Wildman–Crippen MR) is 71.3 cm³/mol. The summed E-state index contributed by atoms with van der Waals surface area (Å²) in [5.41, 5.74) is 0.809. The molecule has 4 nitrogen and oxygen atoms in total. The molecule has 2 unspecified atom stereocenters. The van der Waals surface area contributed by atoms with Gasteiger partial charge in [0.1, 0.15) is 5.15 Å². The minimum absolute atomic E-state index is 0. The number of hydrogen-bond acceptors (Lipinski definition) is 4. The lowest BCUT2D eigenvalue weighted by atomic mass is 10.2. The van der Waals surface area contributed by atoms with E-state index in [-0.39, 0.29) is 17.7 Å². The van der Waals surface area contributed by atoms with Crippen LogP contribution in [0.3, 0.4) is 0 Å². The van der Waals surface area contributed by atoms with E-state index in [4.69, 9.17) is 11.6 Å². The van der Waals surface area contributed by atoms with Gasteiger partial charge in [-0.3, -0.25) is 4.21 Å². The van der Waals surface area contributed by atoms with E-state index in [0.717, 1.165) is 31.5 Å². The largest absolute Gasteiger partial charge is 0.316 e. The van der Waals surface area contributed by atoms with Crippen LogP contribution in [-0.2, 0) is 10.8 Å². The number of rotatable bonds is 2. The van der Waals surface area contributed by atoms with Gasteiger partial charge in [-0.15, -0.1) is 12.4 Å². The molecule has 1 fully saturated rings. The molecule has 2 atom stereocenters. The van der Waals surface area contributed by atoms with E-state index in [2.05, 4.69) is 15.3 Å². The summed E-state index contributed by atoms with van der Waals surface area (Å²) >= 11 is 5.90. The molecule has 0 spiro atoms. The van der Waals surface area contributed by atoms with Crippen LogP contribution in [-0.4, -0.2) is 32.5 Å². The summed E-state index contributed by atoms with van der Waals surface area (Å²) < 4.78 is 12.2. The molecule has 1 aromatic heterocycles. The molecule has 96 valence electrons. The summed E-state index contributed by atoms with van der Waals surface area (Å²) in [4.78, 5) is 8.16. The normalized spacial score (nSPS) is 21.6. The van der Waals surface area contributed by atoms with E-state index in [1.54, 1.807) is 6.20 Å². The van der Waals surface area contributed by atoms with E-state index >= 15 is 0 Å². The first-order valence-electron chi connectivity index (χ1n) is 5.29. The van der Waals surface area contributed by atoms with Gasteiger partial charge in [-0.05, 0) is 26.3 Å². The maximum absolute atomic E-state index is 12.2. The molecular formula is C10H15Cl2N3OS. The zero-order valence-electron chi connectivity index (χ0n) is 9.48. The van der Waals surface area contributed by atoms with E-state index in [0.29, 0.717) is 10.3 Å². The van der Waals surface area contributed by atoms with Crippen LogP contribution in [0, 0.1) is 6.92 Å². The lowest BCUT2D eigenvalue weighted by Crippen LogP contribution is -2.36. The van der Waals surface area contributed by atoms with E-state index < -0.39 is 10.8 Å². The molecule has 2 rings (SSSR count). The molecule has 2 heterocycles. The van der Waals surface area contributed by atoms with Crippen molar-refractivity contribution in [2.75, 3.05) is 13.1 Å². The molecule has 1 aromatic rings. The molecule has 0 saturated carbocycles. The Hall–Kier alpha value is -0.230. The molecule has 1 aliphatic heterocycles. The van der Waals surface area contributed by atoms with Gasteiger partial charge in [-0.25, -0.2) is 9.97 Å². The molecule has 1 aliphatic rings. The summed E-state index contributed by atoms with van der Waals surface area (Å²) in [6.45, 7) is 3.60. The van der Waals surface area contributed by atoms with Crippen molar-refractivity contribution in [1.29, 1.82) is 0 Å². The molecule has 0 radical (unpaired) electrons. The van der Waals surface area contributed by atoms with Gasteiger partial charge in [0, 0.05) is 18.3 Å². The van der Waals surface area contributed by atoms with Gasteiger partial charge in [0.05, 0.1) is 16.0 Å². The van der Waals surface area contributed by atoms with E-state index in [9.17, 15) is 4.21 Å². The monoisotopic (exact) mass is 295 g/mol. The minimum Gasteiger partial charge on any atom is -0.316 e. The van der Waals surface area contributed by atoms with Crippen molar-refractivity contribution >= 4 is 34.8 Å². The molecule has 0 amide bonds. The van der Waals surface area contributed by atoms with Crippen LogP contribution in [0.4, 0.5) is 0 Å². The van der Waals surface area contributed by atoms with Crippen LogP contribution in [0.25, 0.3) is 0 Å². The number of nitrogens with zero attached hydrogens (tertiary/aromatic N) is 2. The molecule has 0 aromatic carbocycles. The lowest BCUT2D eigenvalue weighted by molar-refractivity contribution is 0.518. The number of hydrogen-bond donors (Lipinski definition) is 1. The lowest BCUT2D eigenvalue weighted by Gasteiger charge is -2.21. The molecule has 7 heteroatoms. The van der Waals surface area contributed by atoms with Gasteiger partial charge in [0.25, 0.3) is 0 Å². The van der Waals surface area contributed by atoms with Gasteiger partial charge in [-0.2, -0.15) is 0 Å². The smallest absolute Gasteiger partial charge is 0.220 e. The Balaban J connectivity index is 0.00000144. The number of piperidine rings is 1. The van der Waals surface area contributed by atoms with Gasteiger partial charge in [0.15, 0.2) is 0 Å². The van der Waals surface area contributed by atoms with Crippen molar-refractivity contribution in [2.45, 2.75) is 30.2 Å². The van der Waals surface area contributed by atoms with Crippen LogP contribution < -0.4 is 5.32 Å². The third-order valence-electron chi connectivity index (χ3n) is 2.62. The SMILES string of the molecule is Cc1cnc(S(=O)C2CCCNC2)nc1Cl.Cl. The maximum atomic E-state index is 12.2. The maximum Gasteiger partial charge on any atom is 0.220 e. The van der Waals surface area contributed by atoms with E-state index in [1.165, 1.54) is 0 Å². The Morgan fingerprint density at radius 2 is 2.35 bits per heavy atom. The number of nitrogens with one attached hydrogen (secondary N) is 1. The number of halogens is 2. The second kappa shape index (κ2) is 6.64. The Labute approximate surface area is 114 Å². The molecular weight excluding hydrogens is 281 g/mol. The molecule has 1 N–H and O–H groups in total. The summed E-state index contributed by atoms with van der Waals surface area (Å²) in [6, 6.07) is 0. The Bertz CT molecular complexity index is 411. The number of aromatic nitrogens is 2. The average Bonchev–Trinajstić information content (AvgIpc) is 2.33. The highest BCUT2D eigenvalue weighted by Crippen LogP contribution is 2.17. The third kappa shape index (κ3) is 3.61. The van der Waals surface area contributed by atoms with Crippen LogP contribution in [0.1, 0.15) is 18.4 Å². The van der Waals surface area contributed by atoms with Crippen molar-refractivity contribution < 1.29 is 4.21 Å². The van der Waals surface area contributed by atoms with Crippen LogP contribution in [0.15, 0.2) is 11.4 Å². The second-order valence-corrected chi connectivity index (χ2v) is 5.88. The first-order chi connectivity index (χ1) is 7.68. The standard InChI is InChI=1S/C10H14ClN3OS.ClH/c1-7-5-13-10(14-9(7)11)16(15)8-3-2-4-12-6-8;/h5,8,12H,2-4,6H2,1H3;1H. The highest BCUT2D eigenvalue weighted by atomic mass is 35.5. The summed E-state index contributed by atoms with van der Waals surface area (Å²) in [6.07, 6.45) is 3.63. The van der Waals surface area contributed by atoms with Crippen molar-refractivity contribution in [3.63, 3.8) is 0 Å². The van der Waals surface area contributed by atoms with Crippen LogP contribution in [0.5, 0.6) is 0 Å². The highest BCUT2D eigenvalue weighted by molar-refractivity contribution is 7.85. The van der Waals surface area contributed by atoms with Gasteiger partial charge >= 0.3 is 0 Å². The molecule has 0 aliphatic carbocycles. The fraction of sp³-hybridized carbons (Fsp3) is 0.600. The van der Waals surface area contributed by atoms with Crippen molar-refractivity contribution in [1.82, 2.24) is 15.3 Å². The van der Waals surface area contributed by atoms with Crippen molar-refractivity contribution in [3.05, 3.63) is 16.9 Å². The quantitative estimate of drug-likeness (QED) is 0.667. The minimum atomic E-state index is -1.16. The highest BCUT2D eigenvalue weighted by Gasteiger charge is 2.23. The van der Waals surface area contributed by atoms with Gasteiger partial charge < -0.3 is 5.32 Å². The molecule has 1 saturated heterocycles. The summed E-state index contributed by atoms with van der Waals surface area (Å²) in [5, 5.41) is 4.08. The van der Waals surface area contributed by atoms with Crippen LogP contribution >= 0.6 is 24.0 Å². The first-order valence-corrected chi connectivity index (χ1v) is 6.88. The summed E-state index contributed by atoms with van der Waals surface area (Å²) in [7, 11) is -1.16. The Kier molecular flexibility index (Phi) is 5.79. The van der Waals surface area contributed by atoms with Crippen molar-refractivity contribution in [3.8, 4) is 0 Å². The molecule has 17 heavy (non-hydrogen) atoms. The number of aryl methyl sites for hydroxylation is 1. The average molecular weight is 296 g/mol. The van der Waals surface area contributed by atoms with Crippen LogP contribution in [0.2, 0.25) is 5.15 Å². The zero-order chi connectivity index (χ0) is 11.5. The van der Waals surface area contributed by atoms with Crippen molar-refractivity contribution in [2.24, 2.45) is 0 Å². The van der Waals surface area contributed by atoms with Gasteiger partial charge in [0.2, 0.25) is 5.16 Å². The zero-order valence-corrected chi connectivity index (χ0v) is 11.9. The third-order valence-corrected chi connectivity index (χ3v) is 4.57. The predicted octanol–water partition coefficient (Wildman–Crippen LogP) is 1.72. The topological polar surface area (TPSA) is 54.9 Å². The van der Waals surface area contributed by atoms with Gasteiger partial charge in [-0.1, -0.05) is 11.6 Å². The fourth-order valence-corrected chi connectivity index (χ4v) is 3.12. The Morgan fingerprint density at radius 3 is 2.94 bits per heavy atom. The summed E-state index contributed by atoms with van der Waals surface area (Å²) in [5.74, 6) is 0. The van der Waals surface area contributed by atoms with E-state index in [1.807, 2.05) is 6.92 Å². The Morgan fingerprint density at radius 1 is 1.59 bits per heavy atom. The second-order valence-electron chi connectivity index (χ2n) is 3.89. The first kappa shape index (κ1) is 14.8. The molecule has 0 bridgehead atoms. The fourth-order valence-electron chi connectivity index (χ4n) is 1.65.